The summed E-state index contributed by atoms with van der Waals surface area (Å²) < 4.78 is 0. The van der Waals surface area contributed by atoms with Crippen LogP contribution in [0, 0.1) is 28.4 Å². The van der Waals surface area contributed by atoms with E-state index in [9.17, 15) is 20.2 Å². The molecule has 1 aromatic heterocycles. The number of amides is 1. The van der Waals surface area contributed by atoms with Crippen molar-refractivity contribution in [3.05, 3.63) is 75.3 Å². The van der Waals surface area contributed by atoms with Gasteiger partial charge in [-0.15, -0.1) is 0 Å². The Kier molecular flexibility index (Phi) is 5.46. The van der Waals surface area contributed by atoms with E-state index in [0.717, 1.165) is 5.56 Å². The largest absolute Gasteiger partial charge is 0.368 e. The number of rotatable bonds is 6. The van der Waals surface area contributed by atoms with E-state index >= 15 is 0 Å². The highest BCUT2D eigenvalue weighted by Crippen LogP contribution is 2.24. The van der Waals surface area contributed by atoms with Crippen LogP contribution in [-0.4, -0.2) is 28.9 Å². The highest BCUT2D eigenvalue weighted by atomic mass is 16.6. The number of aromatic nitrogens is 1. The van der Waals surface area contributed by atoms with Crippen LogP contribution in [0.3, 0.4) is 0 Å². The third-order valence-electron chi connectivity index (χ3n) is 4.15. The smallest absolute Gasteiger partial charge is 0.270 e. The molecule has 1 heterocycles. The lowest BCUT2D eigenvalue weighted by atomic mass is 10.1. The molecule has 3 rings (SSSR count). The Morgan fingerprint density at radius 2 is 1.93 bits per heavy atom. The molecule has 8 heteroatoms. The molecular weight excluding hydrogens is 358 g/mol. The van der Waals surface area contributed by atoms with Crippen molar-refractivity contribution in [2.45, 2.75) is 6.92 Å². The molecule has 2 N–H and O–H groups in total. The van der Waals surface area contributed by atoms with E-state index in [-0.39, 0.29) is 11.6 Å². The topological polar surface area (TPSA) is 121 Å². The number of nitro benzene ring substituents is 1. The monoisotopic (exact) mass is 375 g/mol. The highest BCUT2D eigenvalue weighted by molar-refractivity contribution is 5.94. The third-order valence-corrected chi connectivity index (χ3v) is 4.15. The molecule has 3 aromatic rings. The average molecular weight is 375 g/mol. The van der Waals surface area contributed by atoms with Crippen molar-refractivity contribution in [3.63, 3.8) is 0 Å². The molecule has 0 aliphatic heterocycles. The van der Waals surface area contributed by atoms with Gasteiger partial charge in [0.2, 0.25) is 0 Å². The minimum atomic E-state index is -0.510. The van der Waals surface area contributed by atoms with E-state index < -0.39 is 4.92 Å². The van der Waals surface area contributed by atoms with Crippen LogP contribution in [0.5, 0.6) is 0 Å². The maximum atomic E-state index is 12.1. The first-order chi connectivity index (χ1) is 13.5. The molecule has 140 valence electrons. The van der Waals surface area contributed by atoms with E-state index in [0.29, 0.717) is 40.9 Å². The number of non-ortho nitro benzene ring substituents is 1. The Labute approximate surface area is 161 Å². The van der Waals surface area contributed by atoms with Gasteiger partial charge in [0.05, 0.1) is 22.1 Å². The first kappa shape index (κ1) is 18.8. The quantitative estimate of drug-likeness (QED) is 0.388. The number of nitro groups is 1. The second-order valence-corrected chi connectivity index (χ2v) is 6.17. The van der Waals surface area contributed by atoms with E-state index in [1.54, 1.807) is 12.1 Å². The molecule has 0 fully saturated rings. The van der Waals surface area contributed by atoms with Crippen molar-refractivity contribution < 1.29 is 9.72 Å². The second kappa shape index (κ2) is 8.14. The zero-order chi connectivity index (χ0) is 20.1. The minimum absolute atomic E-state index is 0.0923. The van der Waals surface area contributed by atoms with Gasteiger partial charge in [0.25, 0.3) is 11.6 Å². The normalized spacial score (nSPS) is 10.3. The first-order valence-electron chi connectivity index (χ1n) is 8.56. The molecule has 0 saturated carbocycles. The van der Waals surface area contributed by atoms with Crippen LogP contribution < -0.4 is 10.6 Å². The van der Waals surface area contributed by atoms with Gasteiger partial charge in [0, 0.05) is 36.2 Å². The molecule has 0 saturated heterocycles. The van der Waals surface area contributed by atoms with Crippen LogP contribution in [-0.2, 0) is 0 Å². The number of anilines is 1. The van der Waals surface area contributed by atoms with Crippen molar-refractivity contribution in [2.24, 2.45) is 0 Å². The Morgan fingerprint density at radius 3 is 2.61 bits per heavy atom. The Morgan fingerprint density at radius 1 is 1.18 bits per heavy atom. The number of nitrogens with zero attached hydrogens (tertiary/aromatic N) is 3. The van der Waals surface area contributed by atoms with Crippen molar-refractivity contribution in [3.8, 4) is 6.07 Å². The zero-order valence-corrected chi connectivity index (χ0v) is 15.1. The Balaban J connectivity index is 1.65. The van der Waals surface area contributed by atoms with E-state index in [1.807, 2.05) is 25.1 Å². The lowest BCUT2D eigenvalue weighted by Crippen LogP contribution is -2.28. The van der Waals surface area contributed by atoms with Crippen molar-refractivity contribution in [1.29, 1.82) is 5.26 Å². The lowest BCUT2D eigenvalue weighted by molar-refractivity contribution is -0.384. The summed E-state index contributed by atoms with van der Waals surface area (Å²) in [5, 5.41) is 26.5. The summed E-state index contributed by atoms with van der Waals surface area (Å²) in [6.07, 6.45) is 0. The standard InChI is InChI=1S/C20H17N5O3/c1-13-2-4-14(5-3-13)20(26)23-9-8-22-19-10-15(12-21)17-11-16(25(27)28)6-7-18(17)24-19/h2-7,10-11H,8-9H2,1H3,(H,22,24)(H,23,26). The molecule has 0 atom stereocenters. The average Bonchev–Trinajstić information content (AvgIpc) is 2.70. The van der Waals surface area contributed by atoms with Crippen molar-refractivity contribution in [1.82, 2.24) is 10.3 Å². The summed E-state index contributed by atoms with van der Waals surface area (Å²) in [6, 6.07) is 15.1. The molecule has 0 bridgehead atoms. The Bertz CT molecular complexity index is 1090. The molecule has 8 nitrogen and oxygen atoms in total. The summed E-state index contributed by atoms with van der Waals surface area (Å²) in [7, 11) is 0. The number of pyridine rings is 1. The summed E-state index contributed by atoms with van der Waals surface area (Å²) in [5.41, 5.74) is 2.35. The Hall–Kier alpha value is -3.99. The number of fused-ring (bicyclic) bond motifs is 1. The van der Waals surface area contributed by atoms with Crippen LogP contribution in [0.2, 0.25) is 0 Å². The summed E-state index contributed by atoms with van der Waals surface area (Å²) in [5.74, 6) is 0.292. The maximum Gasteiger partial charge on any atom is 0.270 e. The molecule has 0 aliphatic rings. The first-order valence-corrected chi connectivity index (χ1v) is 8.56. The van der Waals surface area contributed by atoms with Gasteiger partial charge in [-0.05, 0) is 31.2 Å². The van der Waals surface area contributed by atoms with Gasteiger partial charge < -0.3 is 10.6 Å². The number of hydrogen-bond donors (Lipinski definition) is 2. The number of benzene rings is 2. The van der Waals surface area contributed by atoms with Crippen LogP contribution in [0.4, 0.5) is 11.5 Å². The number of hydrogen-bond acceptors (Lipinski definition) is 6. The molecular formula is C20H17N5O3. The fraction of sp³-hybridized carbons (Fsp3) is 0.150. The number of carbonyl (C=O) groups is 1. The molecule has 0 aliphatic carbocycles. The van der Waals surface area contributed by atoms with Crippen LogP contribution in [0.1, 0.15) is 21.5 Å². The molecule has 0 unspecified atom stereocenters. The van der Waals surface area contributed by atoms with Crippen LogP contribution in [0.15, 0.2) is 48.5 Å². The predicted octanol–water partition coefficient (Wildman–Crippen LogP) is 3.17. The maximum absolute atomic E-state index is 12.1. The third kappa shape index (κ3) is 4.22. The minimum Gasteiger partial charge on any atom is -0.368 e. The fourth-order valence-electron chi connectivity index (χ4n) is 2.68. The molecule has 0 spiro atoms. The predicted molar refractivity (Wildman–Crippen MR) is 105 cm³/mol. The number of aryl methyl sites for hydroxylation is 1. The molecule has 0 radical (unpaired) electrons. The van der Waals surface area contributed by atoms with Crippen molar-refractivity contribution >= 4 is 28.3 Å². The molecule has 28 heavy (non-hydrogen) atoms. The van der Waals surface area contributed by atoms with Gasteiger partial charge in [0.15, 0.2) is 0 Å². The molecule has 2 aromatic carbocycles. The van der Waals surface area contributed by atoms with Gasteiger partial charge in [-0.25, -0.2) is 4.98 Å². The number of carbonyl (C=O) groups excluding carboxylic acids is 1. The lowest BCUT2D eigenvalue weighted by Gasteiger charge is -2.09. The summed E-state index contributed by atoms with van der Waals surface area (Å²) in [4.78, 5) is 26.9. The van der Waals surface area contributed by atoms with Gasteiger partial charge in [0.1, 0.15) is 5.82 Å². The summed E-state index contributed by atoms with van der Waals surface area (Å²) in [6.45, 7) is 2.73. The van der Waals surface area contributed by atoms with Gasteiger partial charge in [-0.3, -0.25) is 14.9 Å². The van der Waals surface area contributed by atoms with E-state index in [2.05, 4.69) is 15.6 Å². The van der Waals surface area contributed by atoms with Gasteiger partial charge in [-0.1, -0.05) is 17.7 Å². The molecule has 1 amide bonds. The second-order valence-electron chi connectivity index (χ2n) is 6.17. The van der Waals surface area contributed by atoms with Crippen LogP contribution in [0.25, 0.3) is 10.9 Å². The number of nitrogens with one attached hydrogen (secondary N) is 2. The van der Waals surface area contributed by atoms with Gasteiger partial charge >= 0.3 is 0 Å². The number of nitriles is 1. The highest BCUT2D eigenvalue weighted by Gasteiger charge is 2.11. The van der Waals surface area contributed by atoms with Crippen molar-refractivity contribution in [2.75, 3.05) is 18.4 Å². The van der Waals surface area contributed by atoms with E-state index in [1.165, 1.54) is 24.3 Å². The van der Waals surface area contributed by atoms with Crippen LogP contribution >= 0.6 is 0 Å². The zero-order valence-electron chi connectivity index (χ0n) is 15.1. The summed E-state index contributed by atoms with van der Waals surface area (Å²) >= 11 is 0. The van der Waals surface area contributed by atoms with E-state index in [4.69, 9.17) is 0 Å². The van der Waals surface area contributed by atoms with Gasteiger partial charge in [-0.2, -0.15) is 5.26 Å². The fourth-order valence-corrected chi connectivity index (χ4v) is 2.68. The SMILES string of the molecule is Cc1ccc(C(=O)NCCNc2cc(C#N)c3cc([N+](=O)[O-])ccc3n2)cc1.